The predicted molar refractivity (Wildman–Crippen MR) is 53.9 cm³/mol. The molecule has 1 unspecified atom stereocenters. The van der Waals surface area contributed by atoms with E-state index >= 15 is 0 Å². The molecule has 12 heavy (non-hydrogen) atoms. The van der Waals surface area contributed by atoms with Crippen LogP contribution in [0.4, 0.5) is 0 Å². The second-order valence-corrected chi connectivity index (χ2v) is 5.33. The summed E-state index contributed by atoms with van der Waals surface area (Å²) in [6.45, 7) is 2.43. The molecule has 62 valence electrons. The molecule has 0 nitrogen and oxygen atoms in total. The minimum Gasteiger partial charge on any atom is -1.00 e. The van der Waals surface area contributed by atoms with Crippen LogP contribution in [-0.4, -0.2) is 9.52 Å². The molecule has 0 amide bonds. The topological polar surface area (TPSA) is 0 Å². The molecule has 0 saturated carbocycles. The summed E-state index contributed by atoms with van der Waals surface area (Å²) in [6.07, 6.45) is 10.5. The molecule has 0 spiro atoms. The molecular weight excluding hydrogens is 171 g/mol. The first-order valence-corrected chi connectivity index (χ1v) is 7.05. The first-order chi connectivity index (χ1) is 5.42. The van der Waals surface area contributed by atoms with E-state index < -0.39 is 0 Å². The summed E-state index contributed by atoms with van der Waals surface area (Å²) in [5.41, 5.74) is 4.48. The molecule has 0 radical (unpaired) electrons. The van der Waals surface area contributed by atoms with Gasteiger partial charge in [-0.15, -0.1) is 0 Å². The van der Waals surface area contributed by atoms with Crippen LogP contribution in [0.15, 0.2) is 23.3 Å². The van der Waals surface area contributed by atoms with Gasteiger partial charge in [-0.2, -0.15) is 0 Å². The zero-order valence-electron chi connectivity index (χ0n) is 9.27. The van der Waals surface area contributed by atoms with Crippen LogP contribution in [0, 0.1) is 0 Å². The molecule has 0 aliphatic heterocycles. The van der Waals surface area contributed by atoms with Gasteiger partial charge >= 0.3 is 29.6 Å². The van der Waals surface area contributed by atoms with Crippen molar-refractivity contribution in [3.05, 3.63) is 23.3 Å². The Morgan fingerprint density at radius 3 is 2.92 bits per heavy atom. The fourth-order valence-corrected chi connectivity index (χ4v) is 3.66. The van der Waals surface area contributed by atoms with Crippen LogP contribution >= 0.6 is 0 Å². The van der Waals surface area contributed by atoms with Crippen molar-refractivity contribution in [2.24, 2.45) is 0 Å². The number of allylic oxidation sites excluding steroid dienone is 4. The minimum absolute atomic E-state index is 0. The van der Waals surface area contributed by atoms with Gasteiger partial charge in [0, 0.05) is 9.52 Å². The van der Waals surface area contributed by atoms with Crippen molar-refractivity contribution in [1.29, 1.82) is 0 Å². The first kappa shape index (κ1) is 10.8. The average Bonchev–Trinajstić information content (AvgIpc) is 2.47. The van der Waals surface area contributed by atoms with E-state index in [4.69, 9.17) is 0 Å². The van der Waals surface area contributed by atoms with E-state index in [0.29, 0.717) is 0 Å². The smallest absolute Gasteiger partial charge is 1.00 e. The fourth-order valence-electron chi connectivity index (χ4n) is 2.30. The largest absolute Gasteiger partial charge is 1.00 e. The number of hydrogen-bond donors (Lipinski definition) is 0. The molecular formula is C10H17NaSi. The van der Waals surface area contributed by atoms with Crippen molar-refractivity contribution < 1.29 is 31.0 Å². The van der Waals surface area contributed by atoms with E-state index in [-0.39, 0.29) is 40.5 Å². The van der Waals surface area contributed by atoms with Crippen molar-refractivity contribution in [2.45, 2.75) is 37.8 Å². The maximum Gasteiger partial charge on any atom is 1.00 e. The third-order valence-electron chi connectivity index (χ3n) is 2.97. The Balaban J connectivity index is 0.000000720. The molecule has 0 aromatic heterocycles. The van der Waals surface area contributed by atoms with Gasteiger partial charge in [-0.05, 0) is 36.8 Å². The number of hydrogen-bond acceptors (Lipinski definition) is 0. The van der Waals surface area contributed by atoms with Gasteiger partial charge in [-0.3, -0.25) is 0 Å². The SMILES string of the molecule is C[SiH2]C1C=CC2=C1CCCC2.[H-].[Na+]. The summed E-state index contributed by atoms with van der Waals surface area (Å²) < 4.78 is 0. The van der Waals surface area contributed by atoms with Gasteiger partial charge in [0.1, 0.15) is 0 Å². The van der Waals surface area contributed by atoms with Crippen molar-refractivity contribution in [2.75, 3.05) is 0 Å². The maximum atomic E-state index is 2.46. The van der Waals surface area contributed by atoms with Gasteiger partial charge in [-0.25, -0.2) is 0 Å². The number of rotatable bonds is 1. The Morgan fingerprint density at radius 2 is 2.17 bits per heavy atom. The Bertz CT molecular complexity index is 223. The van der Waals surface area contributed by atoms with E-state index in [1.807, 2.05) is 5.57 Å². The Kier molecular flexibility index (Phi) is 4.31. The molecule has 2 aliphatic carbocycles. The monoisotopic (exact) mass is 188 g/mol. The minimum atomic E-state index is 0. The van der Waals surface area contributed by atoms with Crippen LogP contribution in [0.25, 0.3) is 0 Å². The quantitative estimate of drug-likeness (QED) is 0.489. The van der Waals surface area contributed by atoms with Gasteiger partial charge in [-0.1, -0.05) is 24.3 Å². The fraction of sp³-hybridized carbons (Fsp3) is 0.600. The summed E-state index contributed by atoms with van der Waals surface area (Å²) in [4.78, 5) is 0. The molecule has 0 aromatic carbocycles. The van der Waals surface area contributed by atoms with E-state index in [1.165, 1.54) is 25.7 Å². The Labute approximate surface area is 101 Å². The van der Waals surface area contributed by atoms with Crippen molar-refractivity contribution >= 4 is 9.52 Å². The van der Waals surface area contributed by atoms with Crippen LogP contribution in [0.5, 0.6) is 0 Å². The van der Waals surface area contributed by atoms with Crippen LogP contribution in [0.2, 0.25) is 12.1 Å². The van der Waals surface area contributed by atoms with Crippen LogP contribution < -0.4 is 29.6 Å². The van der Waals surface area contributed by atoms with Crippen LogP contribution in [0.1, 0.15) is 27.1 Å². The molecule has 2 rings (SSSR count). The van der Waals surface area contributed by atoms with Gasteiger partial charge < -0.3 is 1.43 Å². The summed E-state index contributed by atoms with van der Waals surface area (Å²) in [7, 11) is 0.180. The van der Waals surface area contributed by atoms with Crippen molar-refractivity contribution in [3.8, 4) is 0 Å². The van der Waals surface area contributed by atoms with Crippen LogP contribution in [-0.2, 0) is 0 Å². The second-order valence-electron chi connectivity index (χ2n) is 3.63. The molecule has 2 heteroatoms. The van der Waals surface area contributed by atoms with E-state index in [2.05, 4.69) is 18.7 Å². The Hall–Kier alpha value is 0.697. The van der Waals surface area contributed by atoms with Gasteiger partial charge in [0.15, 0.2) is 0 Å². The molecule has 0 aromatic rings. The molecule has 2 aliphatic rings. The molecule has 0 heterocycles. The van der Waals surface area contributed by atoms with Gasteiger partial charge in [0.05, 0.1) is 0 Å². The first-order valence-electron chi connectivity index (χ1n) is 4.82. The van der Waals surface area contributed by atoms with Gasteiger partial charge in [0.2, 0.25) is 0 Å². The molecule has 0 N–H and O–H groups in total. The van der Waals surface area contributed by atoms with Crippen LogP contribution in [0.3, 0.4) is 0 Å². The zero-order valence-corrected chi connectivity index (χ0v) is 11.7. The third kappa shape index (κ3) is 1.95. The standard InChI is InChI=1S/C10H16Si.Na.H/c1-11-10-7-6-8-4-2-3-5-9(8)10;;/h6-7,10H,2-5,11H2,1H3;;/q;+1;-1. The summed E-state index contributed by atoms with van der Waals surface area (Å²) >= 11 is 0. The predicted octanol–water partition coefficient (Wildman–Crippen LogP) is -0.451. The molecule has 0 saturated heterocycles. The van der Waals surface area contributed by atoms with Gasteiger partial charge in [0.25, 0.3) is 0 Å². The average molecular weight is 188 g/mol. The summed E-state index contributed by atoms with van der Waals surface area (Å²) in [5.74, 6) is 0. The normalized spacial score (nSPS) is 27.9. The zero-order chi connectivity index (χ0) is 7.68. The Morgan fingerprint density at radius 1 is 1.42 bits per heavy atom. The molecule has 1 atom stereocenters. The summed E-state index contributed by atoms with van der Waals surface area (Å²) in [5, 5.41) is 0. The molecule has 0 bridgehead atoms. The van der Waals surface area contributed by atoms with Crippen molar-refractivity contribution in [3.63, 3.8) is 0 Å². The van der Waals surface area contributed by atoms with E-state index in [0.717, 1.165) is 5.54 Å². The second kappa shape index (κ2) is 4.80. The van der Waals surface area contributed by atoms with E-state index in [1.54, 1.807) is 5.57 Å². The summed E-state index contributed by atoms with van der Waals surface area (Å²) in [6, 6.07) is 0. The maximum absolute atomic E-state index is 2.46. The molecule has 0 fully saturated rings. The van der Waals surface area contributed by atoms with E-state index in [9.17, 15) is 0 Å². The third-order valence-corrected chi connectivity index (χ3v) is 4.62. The van der Waals surface area contributed by atoms with Crippen molar-refractivity contribution in [1.82, 2.24) is 0 Å².